The molecule has 4 nitrogen and oxygen atoms in total. The molecule has 1 aromatic rings. The van der Waals surface area contributed by atoms with Gasteiger partial charge in [0.25, 0.3) is 0 Å². The average Bonchev–Trinajstić information content (AvgIpc) is 2.58. The molecular formula is C20H33NaO4S. The molecule has 144 valence electrons. The third kappa shape index (κ3) is 12.3. The van der Waals surface area contributed by atoms with Gasteiger partial charge in [0.15, 0.2) is 0 Å². The fraction of sp³-hybridized carbons (Fsp3) is 0.700. The van der Waals surface area contributed by atoms with Gasteiger partial charge in [-0.1, -0.05) is 89.7 Å². The van der Waals surface area contributed by atoms with Crippen molar-refractivity contribution in [1.29, 1.82) is 0 Å². The molecule has 0 spiro atoms. The summed E-state index contributed by atoms with van der Waals surface area (Å²) in [6, 6.07) is 6.03. The van der Waals surface area contributed by atoms with Crippen LogP contribution in [-0.2, 0) is 10.1 Å². The molecule has 0 bridgehead atoms. The van der Waals surface area contributed by atoms with E-state index in [4.69, 9.17) is 4.74 Å². The van der Waals surface area contributed by atoms with E-state index in [1.807, 2.05) is 0 Å². The Bertz CT molecular complexity index is 561. The molecule has 0 saturated carbocycles. The van der Waals surface area contributed by atoms with Gasteiger partial charge in [0.2, 0.25) is 0 Å². The number of benzene rings is 1. The average molecular weight is 393 g/mol. The molecule has 0 saturated heterocycles. The predicted molar refractivity (Wildman–Crippen MR) is 101 cm³/mol. The summed E-state index contributed by atoms with van der Waals surface area (Å²) in [5.74, 6) is 0.167. The minimum absolute atomic E-state index is 0. The summed E-state index contributed by atoms with van der Waals surface area (Å²) in [5, 5.41) is 0. The van der Waals surface area contributed by atoms with Gasteiger partial charge < -0.3 is 9.29 Å². The normalized spacial score (nSPS) is 11.2. The molecule has 0 atom stereocenters. The van der Waals surface area contributed by atoms with Crippen LogP contribution in [0.3, 0.4) is 0 Å². The monoisotopic (exact) mass is 392 g/mol. The zero-order valence-corrected chi connectivity index (χ0v) is 19.4. The summed E-state index contributed by atoms with van der Waals surface area (Å²) < 4.78 is 38.9. The van der Waals surface area contributed by atoms with Crippen molar-refractivity contribution >= 4 is 10.1 Å². The first-order chi connectivity index (χ1) is 12.1. The Balaban J connectivity index is 0.00000625. The molecule has 0 unspecified atom stereocenters. The maximum atomic E-state index is 11.2. The van der Waals surface area contributed by atoms with Crippen LogP contribution in [-0.4, -0.2) is 19.6 Å². The third-order valence-corrected chi connectivity index (χ3v) is 5.25. The van der Waals surface area contributed by atoms with Gasteiger partial charge in [0, 0.05) is 0 Å². The van der Waals surface area contributed by atoms with Crippen LogP contribution < -0.4 is 34.3 Å². The molecule has 1 aromatic carbocycles. The van der Waals surface area contributed by atoms with Crippen molar-refractivity contribution in [3.63, 3.8) is 0 Å². The van der Waals surface area contributed by atoms with Crippen LogP contribution in [0, 0.1) is 0 Å². The van der Waals surface area contributed by atoms with Crippen molar-refractivity contribution in [2.75, 3.05) is 6.61 Å². The quantitative estimate of drug-likeness (QED) is 0.261. The summed E-state index contributed by atoms with van der Waals surface area (Å²) >= 11 is 0. The zero-order chi connectivity index (χ0) is 18.4. The fourth-order valence-corrected chi connectivity index (χ4v) is 3.52. The van der Waals surface area contributed by atoms with Gasteiger partial charge in [-0.2, -0.15) is 0 Å². The van der Waals surface area contributed by atoms with Gasteiger partial charge in [-0.25, -0.2) is 8.42 Å². The smallest absolute Gasteiger partial charge is 0.744 e. The summed E-state index contributed by atoms with van der Waals surface area (Å²) in [6.45, 7) is 2.69. The number of para-hydroxylation sites is 1. The van der Waals surface area contributed by atoms with Gasteiger partial charge >= 0.3 is 29.6 Å². The molecular weight excluding hydrogens is 359 g/mol. The van der Waals surface area contributed by atoms with E-state index in [1.54, 1.807) is 6.07 Å². The van der Waals surface area contributed by atoms with E-state index in [0.717, 1.165) is 12.8 Å². The minimum Gasteiger partial charge on any atom is -0.744 e. The number of ether oxygens (including phenoxy) is 1. The van der Waals surface area contributed by atoms with Crippen LogP contribution in [0.15, 0.2) is 29.2 Å². The van der Waals surface area contributed by atoms with Crippen molar-refractivity contribution in [2.45, 2.75) is 88.9 Å². The Morgan fingerprint density at radius 2 is 1.27 bits per heavy atom. The van der Waals surface area contributed by atoms with Crippen LogP contribution in [0.5, 0.6) is 5.75 Å². The minimum atomic E-state index is -4.48. The number of unbranched alkanes of at least 4 members (excludes halogenated alkanes) is 11. The van der Waals surface area contributed by atoms with Crippen LogP contribution in [0.4, 0.5) is 0 Å². The second-order valence-corrected chi connectivity index (χ2v) is 7.99. The van der Waals surface area contributed by atoms with Crippen molar-refractivity contribution < 1.29 is 47.3 Å². The fourth-order valence-electron chi connectivity index (χ4n) is 2.90. The topological polar surface area (TPSA) is 66.4 Å². The number of hydrogen-bond acceptors (Lipinski definition) is 4. The van der Waals surface area contributed by atoms with E-state index in [1.165, 1.54) is 82.4 Å². The summed E-state index contributed by atoms with van der Waals surface area (Å²) in [6.07, 6.45) is 15.2. The molecule has 0 heterocycles. The second-order valence-electron chi connectivity index (χ2n) is 6.64. The number of rotatable bonds is 15. The molecule has 26 heavy (non-hydrogen) atoms. The molecule has 0 aromatic heterocycles. The molecule has 0 aliphatic heterocycles. The molecule has 0 N–H and O–H groups in total. The van der Waals surface area contributed by atoms with Gasteiger partial charge in [0.1, 0.15) is 15.9 Å². The Labute approximate surface area is 182 Å². The third-order valence-electron chi connectivity index (χ3n) is 4.37. The Hall–Kier alpha value is -0.0700. The summed E-state index contributed by atoms with van der Waals surface area (Å²) in [7, 11) is -4.48. The summed E-state index contributed by atoms with van der Waals surface area (Å²) in [4.78, 5) is -0.270. The molecule has 0 amide bonds. The molecule has 0 fully saturated rings. The molecule has 1 rings (SSSR count). The van der Waals surface area contributed by atoms with Gasteiger partial charge in [-0.3, -0.25) is 0 Å². The number of hydrogen-bond donors (Lipinski definition) is 0. The first kappa shape index (κ1) is 25.9. The SMILES string of the molecule is CCCCCCCCCCCCCCOc1ccccc1S(=O)(=O)[O-].[Na+]. The van der Waals surface area contributed by atoms with E-state index in [2.05, 4.69) is 6.92 Å². The van der Waals surface area contributed by atoms with Crippen LogP contribution in [0.2, 0.25) is 0 Å². The van der Waals surface area contributed by atoms with E-state index in [9.17, 15) is 13.0 Å². The van der Waals surface area contributed by atoms with Crippen molar-refractivity contribution in [1.82, 2.24) is 0 Å². The first-order valence-corrected chi connectivity index (χ1v) is 11.1. The van der Waals surface area contributed by atoms with Crippen molar-refractivity contribution in [3.05, 3.63) is 24.3 Å². The van der Waals surface area contributed by atoms with Gasteiger partial charge in [-0.15, -0.1) is 0 Å². The first-order valence-electron chi connectivity index (χ1n) is 9.73. The molecule has 0 aliphatic carbocycles. The zero-order valence-electron chi connectivity index (χ0n) is 16.5. The van der Waals surface area contributed by atoms with E-state index in [0.29, 0.717) is 6.61 Å². The Kier molecular flexibility index (Phi) is 15.9. The maximum absolute atomic E-state index is 11.2. The second kappa shape index (κ2) is 15.9. The van der Waals surface area contributed by atoms with Crippen LogP contribution in [0.25, 0.3) is 0 Å². The van der Waals surface area contributed by atoms with E-state index in [-0.39, 0.29) is 40.2 Å². The van der Waals surface area contributed by atoms with Crippen LogP contribution in [0.1, 0.15) is 84.0 Å². The van der Waals surface area contributed by atoms with Crippen LogP contribution >= 0.6 is 0 Å². The molecule has 0 aliphatic rings. The predicted octanol–water partition coefficient (Wildman–Crippen LogP) is 2.67. The largest absolute Gasteiger partial charge is 1.00 e. The molecule has 6 heteroatoms. The van der Waals surface area contributed by atoms with Gasteiger partial charge in [0.05, 0.1) is 11.5 Å². The maximum Gasteiger partial charge on any atom is 1.00 e. The van der Waals surface area contributed by atoms with E-state index >= 15 is 0 Å². The van der Waals surface area contributed by atoms with Gasteiger partial charge in [-0.05, 0) is 18.6 Å². The van der Waals surface area contributed by atoms with E-state index < -0.39 is 10.1 Å². The van der Waals surface area contributed by atoms with Crippen molar-refractivity contribution in [3.8, 4) is 5.75 Å². The standard InChI is InChI=1S/C20H34O4S.Na/c1-2-3-4-5-6-7-8-9-10-11-12-15-18-24-19-16-13-14-17-20(19)25(21,22)23;/h13-14,16-17H,2-12,15,18H2,1H3,(H,21,22,23);/q;+1/p-1. The summed E-state index contributed by atoms with van der Waals surface area (Å²) in [5.41, 5.74) is 0. The Morgan fingerprint density at radius 1 is 0.808 bits per heavy atom. The molecule has 0 radical (unpaired) electrons. The Morgan fingerprint density at radius 3 is 1.77 bits per heavy atom. The van der Waals surface area contributed by atoms with Crippen molar-refractivity contribution in [2.24, 2.45) is 0 Å².